The van der Waals surface area contributed by atoms with E-state index in [-0.39, 0.29) is 11.9 Å². The summed E-state index contributed by atoms with van der Waals surface area (Å²) in [5, 5.41) is 10.2. The molecule has 0 fully saturated rings. The Morgan fingerprint density at radius 2 is 2.64 bits per heavy atom. The highest BCUT2D eigenvalue weighted by molar-refractivity contribution is 5.80. The fourth-order valence-electron chi connectivity index (χ4n) is 1.15. The van der Waals surface area contributed by atoms with Crippen LogP contribution < -0.4 is 5.32 Å². The first-order chi connectivity index (χ1) is 5.29. The van der Waals surface area contributed by atoms with Crippen LogP contribution in [-0.2, 0) is 11.3 Å². The number of fused-ring (bicyclic) bond motifs is 1. The van der Waals surface area contributed by atoms with Crippen LogP contribution in [0.15, 0.2) is 6.20 Å². The molecule has 1 aromatic rings. The van der Waals surface area contributed by atoms with Gasteiger partial charge in [-0.2, -0.15) is 0 Å². The van der Waals surface area contributed by atoms with Crippen molar-refractivity contribution in [3.05, 3.63) is 11.9 Å². The first-order valence-electron chi connectivity index (χ1n) is 3.46. The van der Waals surface area contributed by atoms with Crippen LogP contribution in [0.25, 0.3) is 0 Å². The fraction of sp³-hybridized carbons (Fsp3) is 0.500. The molecule has 1 aliphatic rings. The number of nitrogens with zero attached hydrogens (tertiary/aromatic N) is 3. The molecule has 11 heavy (non-hydrogen) atoms. The molecule has 2 heterocycles. The molecule has 2 rings (SSSR count). The lowest BCUT2D eigenvalue weighted by atomic mass is 10.2. The average molecular weight is 152 g/mol. The molecule has 58 valence electrons. The summed E-state index contributed by atoms with van der Waals surface area (Å²) in [5.74, 6) is 0.00278. The zero-order valence-corrected chi connectivity index (χ0v) is 6.11. The van der Waals surface area contributed by atoms with Gasteiger partial charge in [0.1, 0.15) is 6.04 Å². The van der Waals surface area contributed by atoms with Gasteiger partial charge in [-0.15, -0.1) is 5.10 Å². The van der Waals surface area contributed by atoms with Gasteiger partial charge in [-0.25, -0.2) is 4.68 Å². The van der Waals surface area contributed by atoms with Crippen LogP contribution in [-0.4, -0.2) is 20.9 Å². The minimum atomic E-state index is -0.221. The van der Waals surface area contributed by atoms with Crippen molar-refractivity contribution in [2.75, 3.05) is 0 Å². The lowest BCUT2D eigenvalue weighted by Crippen LogP contribution is -2.37. The van der Waals surface area contributed by atoms with E-state index in [0.29, 0.717) is 6.54 Å². The van der Waals surface area contributed by atoms with Crippen molar-refractivity contribution in [1.29, 1.82) is 0 Å². The predicted octanol–water partition coefficient (Wildman–Crippen LogP) is -0.531. The highest BCUT2D eigenvalue weighted by Crippen LogP contribution is 2.11. The Morgan fingerprint density at radius 3 is 3.45 bits per heavy atom. The minimum Gasteiger partial charge on any atom is -0.349 e. The van der Waals surface area contributed by atoms with Crippen molar-refractivity contribution in [3.63, 3.8) is 0 Å². The first-order valence-corrected chi connectivity index (χ1v) is 3.46. The topological polar surface area (TPSA) is 59.8 Å². The van der Waals surface area contributed by atoms with Crippen molar-refractivity contribution in [3.8, 4) is 0 Å². The third kappa shape index (κ3) is 0.806. The van der Waals surface area contributed by atoms with Gasteiger partial charge in [-0.3, -0.25) is 4.79 Å². The number of amides is 1. The Kier molecular flexibility index (Phi) is 1.18. The summed E-state index contributed by atoms with van der Waals surface area (Å²) < 4.78 is 1.64. The van der Waals surface area contributed by atoms with E-state index in [0.717, 1.165) is 5.69 Å². The number of hydrogen-bond donors (Lipinski definition) is 1. The molecule has 0 radical (unpaired) electrons. The number of nitrogens with one attached hydrogen (secondary N) is 1. The molecule has 0 aromatic carbocycles. The summed E-state index contributed by atoms with van der Waals surface area (Å²) in [6.45, 7) is 2.34. The minimum absolute atomic E-state index is 0.00278. The summed E-state index contributed by atoms with van der Waals surface area (Å²) in [6.07, 6.45) is 1.66. The molecule has 5 nitrogen and oxygen atoms in total. The largest absolute Gasteiger partial charge is 0.349 e. The van der Waals surface area contributed by atoms with Crippen molar-refractivity contribution in [2.45, 2.75) is 19.5 Å². The summed E-state index contributed by atoms with van der Waals surface area (Å²) in [6, 6.07) is -0.221. The molecule has 5 heteroatoms. The molecule has 0 saturated carbocycles. The van der Waals surface area contributed by atoms with Crippen LogP contribution >= 0.6 is 0 Å². The summed E-state index contributed by atoms with van der Waals surface area (Å²) in [5.41, 5.74) is 0.956. The SMILES string of the molecule is C[C@H]1C(=O)NCc2cnnn21. The van der Waals surface area contributed by atoms with E-state index in [2.05, 4.69) is 15.6 Å². The van der Waals surface area contributed by atoms with Gasteiger partial charge in [0.15, 0.2) is 0 Å². The number of hydrogen-bond acceptors (Lipinski definition) is 3. The van der Waals surface area contributed by atoms with Gasteiger partial charge in [-0.1, -0.05) is 5.21 Å². The third-order valence-corrected chi connectivity index (χ3v) is 1.84. The molecular formula is C6H8N4O. The molecular weight excluding hydrogens is 144 g/mol. The Morgan fingerprint density at radius 1 is 1.82 bits per heavy atom. The van der Waals surface area contributed by atoms with E-state index in [1.807, 2.05) is 0 Å². The fourth-order valence-corrected chi connectivity index (χ4v) is 1.15. The van der Waals surface area contributed by atoms with Crippen molar-refractivity contribution < 1.29 is 4.79 Å². The molecule has 0 unspecified atom stereocenters. The molecule has 0 bridgehead atoms. The third-order valence-electron chi connectivity index (χ3n) is 1.84. The van der Waals surface area contributed by atoms with Crippen LogP contribution in [0.1, 0.15) is 18.7 Å². The predicted molar refractivity (Wildman–Crippen MR) is 36.6 cm³/mol. The van der Waals surface area contributed by atoms with Crippen molar-refractivity contribution in [1.82, 2.24) is 20.3 Å². The molecule has 1 atom stereocenters. The highest BCUT2D eigenvalue weighted by Gasteiger charge is 2.23. The Hall–Kier alpha value is -1.39. The van der Waals surface area contributed by atoms with Gasteiger partial charge in [-0.05, 0) is 6.92 Å². The number of carbonyl (C=O) groups excluding carboxylic acids is 1. The van der Waals surface area contributed by atoms with Crippen LogP contribution in [0.3, 0.4) is 0 Å². The van der Waals surface area contributed by atoms with E-state index < -0.39 is 0 Å². The van der Waals surface area contributed by atoms with E-state index in [4.69, 9.17) is 0 Å². The Bertz CT molecular complexity index is 293. The molecule has 0 saturated heterocycles. The average Bonchev–Trinajstić information content (AvgIpc) is 2.45. The molecule has 1 N–H and O–H groups in total. The highest BCUT2D eigenvalue weighted by atomic mass is 16.2. The van der Waals surface area contributed by atoms with E-state index in [1.54, 1.807) is 17.8 Å². The van der Waals surface area contributed by atoms with Crippen molar-refractivity contribution in [2.24, 2.45) is 0 Å². The molecule has 0 aliphatic carbocycles. The van der Waals surface area contributed by atoms with Gasteiger partial charge >= 0.3 is 0 Å². The molecule has 0 spiro atoms. The Labute approximate surface area is 63.4 Å². The van der Waals surface area contributed by atoms with Gasteiger partial charge in [0.25, 0.3) is 0 Å². The lowest BCUT2D eigenvalue weighted by molar-refractivity contribution is -0.125. The standard InChI is InChI=1S/C6H8N4O/c1-4-6(11)7-2-5-3-8-9-10(4)5/h3-4H,2H2,1H3,(H,7,11)/t4-/m0/s1. The second-order valence-electron chi connectivity index (χ2n) is 2.56. The molecule has 1 amide bonds. The van der Waals surface area contributed by atoms with Crippen LogP contribution in [0.5, 0.6) is 0 Å². The summed E-state index contributed by atoms with van der Waals surface area (Å²) in [4.78, 5) is 11.1. The Balaban J connectivity index is 2.45. The van der Waals surface area contributed by atoms with Crippen molar-refractivity contribution >= 4 is 5.91 Å². The number of carbonyl (C=O) groups is 1. The van der Waals surface area contributed by atoms with Gasteiger partial charge in [0.05, 0.1) is 18.4 Å². The van der Waals surface area contributed by atoms with E-state index >= 15 is 0 Å². The zero-order chi connectivity index (χ0) is 7.84. The first kappa shape index (κ1) is 6.33. The van der Waals surface area contributed by atoms with Gasteiger partial charge < -0.3 is 5.32 Å². The van der Waals surface area contributed by atoms with E-state index in [9.17, 15) is 4.79 Å². The van der Waals surface area contributed by atoms with Crippen LogP contribution in [0.2, 0.25) is 0 Å². The second kappa shape index (κ2) is 2.05. The van der Waals surface area contributed by atoms with Gasteiger partial charge in [0, 0.05) is 0 Å². The second-order valence-corrected chi connectivity index (χ2v) is 2.56. The number of rotatable bonds is 0. The molecule has 1 aliphatic heterocycles. The quantitative estimate of drug-likeness (QED) is 0.543. The smallest absolute Gasteiger partial charge is 0.244 e. The van der Waals surface area contributed by atoms with Crippen LogP contribution in [0, 0.1) is 0 Å². The summed E-state index contributed by atoms with van der Waals surface area (Å²) in [7, 11) is 0. The normalized spacial score (nSPS) is 22.6. The summed E-state index contributed by atoms with van der Waals surface area (Å²) >= 11 is 0. The molecule has 1 aromatic heterocycles. The zero-order valence-electron chi connectivity index (χ0n) is 6.11. The van der Waals surface area contributed by atoms with E-state index in [1.165, 1.54) is 0 Å². The van der Waals surface area contributed by atoms with Crippen LogP contribution in [0.4, 0.5) is 0 Å². The lowest BCUT2D eigenvalue weighted by Gasteiger charge is -2.19. The monoisotopic (exact) mass is 152 g/mol. The number of aromatic nitrogens is 3. The maximum Gasteiger partial charge on any atom is 0.244 e. The maximum absolute atomic E-state index is 11.1. The van der Waals surface area contributed by atoms with Gasteiger partial charge in [0.2, 0.25) is 5.91 Å². The maximum atomic E-state index is 11.1.